The maximum atomic E-state index is 11.8. The van der Waals surface area contributed by atoms with E-state index in [0.717, 1.165) is 12.8 Å². The fraction of sp³-hybridized carbons (Fsp3) is 0.429. The van der Waals surface area contributed by atoms with E-state index in [4.69, 9.17) is 9.84 Å². The molecular weight excluding hydrogens is 246 g/mol. The van der Waals surface area contributed by atoms with Crippen molar-refractivity contribution in [2.24, 2.45) is 5.92 Å². The fourth-order valence-corrected chi connectivity index (χ4v) is 2.00. The van der Waals surface area contributed by atoms with Gasteiger partial charge < -0.3 is 15.2 Å². The molecule has 1 amide bonds. The van der Waals surface area contributed by atoms with Crippen LogP contribution in [-0.4, -0.2) is 23.6 Å². The molecule has 0 spiro atoms. The van der Waals surface area contributed by atoms with E-state index in [0.29, 0.717) is 23.8 Å². The Labute approximate surface area is 111 Å². The number of carboxylic acid groups (broad SMARTS) is 1. The van der Waals surface area contributed by atoms with Crippen LogP contribution in [0.3, 0.4) is 0 Å². The molecule has 5 heteroatoms. The third-order valence-corrected chi connectivity index (χ3v) is 3.21. The normalized spacial score (nSPS) is 14.5. The number of carboxylic acids is 1. The molecule has 1 aromatic carbocycles. The van der Waals surface area contributed by atoms with Gasteiger partial charge in [-0.2, -0.15) is 0 Å². The summed E-state index contributed by atoms with van der Waals surface area (Å²) >= 11 is 0. The molecule has 1 aliphatic carbocycles. The molecule has 19 heavy (non-hydrogen) atoms. The van der Waals surface area contributed by atoms with Crippen molar-refractivity contribution < 1.29 is 19.4 Å². The smallest absolute Gasteiger partial charge is 0.341 e. The van der Waals surface area contributed by atoms with E-state index in [1.165, 1.54) is 6.42 Å². The number of nitrogens with one attached hydrogen (secondary N) is 1. The van der Waals surface area contributed by atoms with Crippen LogP contribution in [0.25, 0.3) is 0 Å². The van der Waals surface area contributed by atoms with Crippen molar-refractivity contribution in [1.82, 2.24) is 0 Å². The van der Waals surface area contributed by atoms with Gasteiger partial charge in [-0.3, -0.25) is 4.79 Å². The fourth-order valence-electron chi connectivity index (χ4n) is 2.00. The number of hydrogen-bond donors (Lipinski definition) is 2. The standard InChI is InChI=1S/C14H17NO4/c16-13(8-10-4-3-5-10)15-11-6-1-2-7-12(11)19-9-14(17)18/h1-2,6-7,10H,3-5,8-9H2,(H,15,16)(H,17,18). The highest BCUT2D eigenvalue weighted by Gasteiger charge is 2.21. The Morgan fingerprint density at radius 3 is 2.68 bits per heavy atom. The molecule has 0 heterocycles. The van der Waals surface area contributed by atoms with Crippen LogP contribution in [-0.2, 0) is 9.59 Å². The molecule has 0 atom stereocenters. The lowest BCUT2D eigenvalue weighted by Crippen LogP contribution is -2.21. The topological polar surface area (TPSA) is 75.6 Å². The Morgan fingerprint density at radius 2 is 2.05 bits per heavy atom. The second-order valence-electron chi connectivity index (χ2n) is 4.73. The summed E-state index contributed by atoms with van der Waals surface area (Å²) in [4.78, 5) is 22.3. The van der Waals surface area contributed by atoms with E-state index in [2.05, 4.69) is 5.32 Å². The summed E-state index contributed by atoms with van der Waals surface area (Å²) in [5, 5.41) is 11.4. The minimum absolute atomic E-state index is 0.0453. The molecule has 1 fully saturated rings. The van der Waals surface area contributed by atoms with E-state index in [-0.39, 0.29) is 5.91 Å². The number of amides is 1. The molecular formula is C14H17NO4. The Balaban J connectivity index is 1.94. The maximum Gasteiger partial charge on any atom is 0.341 e. The Morgan fingerprint density at radius 1 is 1.32 bits per heavy atom. The molecule has 1 aromatic rings. The van der Waals surface area contributed by atoms with Gasteiger partial charge in [0.15, 0.2) is 6.61 Å². The first-order valence-electron chi connectivity index (χ1n) is 6.38. The number of ether oxygens (including phenoxy) is 1. The van der Waals surface area contributed by atoms with Crippen LogP contribution in [0.5, 0.6) is 5.75 Å². The van der Waals surface area contributed by atoms with Crippen LogP contribution in [0.15, 0.2) is 24.3 Å². The zero-order chi connectivity index (χ0) is 13.7. The Bertz CT molecular complexity index is 468. The third kappa shape index (κ3) is 3.98. The highest BCUT2D eigenvalue weighted by atomic mass is 16.5. The first-order valence-corrected chi connectivity index (χ1v) is 6.38. The number of hydrogen-bond acceptors (Lipinski definition) is 3. The first-order chi connectivity index (χ1) is 9.15. The summed E-state index contributed by atoms with van der Waals surface area (Å²) in [6.45, 7) is -0.421. The van der Waals surface area contributed by atoms with Gasteiger partial charge >= 0.3 is 5.97 Å². The van der Waals surface area contributed by atoms with Gasteiger partial charge in [0.2, 0.25) is 5.91 Å². The van der Waals surface area contributed by atoms with Gasteiger partial charge in [0.1, 0.15) is 5.75 Å². The first kappa shape index (κ1) is 13.4. The van der Waals surface area contributed by atoms with Gasteiger partial charge in [0, 0.05) is 6.42 Å². The summed E-state index contributed by atoms with van der Waals surface area (Å²) in [7, 11) is 0. The largest absolute Gasteiger partial charge is 0.480 e. The van der Waals surface area contributed by atoms with Crippen LogP contribution in [0.4, 0.5) is 5.69 Å². The summed E-state index contributed by atoms with van der Waals surface area (Å²) in [5.74, 6) is -0.217. The molecule has 0 aromatic heterocycles. The minimum Gasteiger partial charge on any atom is -0.480 e. The van der Waals surface area contributed by atoms with E-state index in [1.54, 1.807) is 24.3 Å². The lowest BCUT2D eigenvalue weighted by atomic mass is 9.83. The molecule has 0 unspecified atom stereocenters. The number of carbonyl (C=O) groups excluding carboxylic acids is 1. The molecule has 0 bridgehead atoms. The molecule has 5 nitrogen and oxygen atoms in total. The number of benzene rings is 1. The number of rotatable bonds is 6. The Hall–Kier alpha value is -2.04. The van der Waals surface area contributed by atoms with Crippen LogP contribution in [0, 0.1) is 5.92 Å². The maximum absolute atomic E-state index is 11.8. The van der Waals surface area contributed by atoms with Gasteiger partial charge in [0.05, 0.1) is 5.69 Å². The summed E-state index contributed by atoms with van der Waals surface area (Å²) in [6, 6.07) is 6.85. The zero-order valence-corrected chi connectivity index (χ0v) is 10.6. The molecule has 2 rings (SSSR count). The predicted molar refractivity (Wildman–Crippen MR) is 70.2 cm³/mol. The number of carbonyl (C=O) groups is 2. The van der Waals surface area contributed by atoms with Crippen LogP contribution >= 0.6 is 0 Å². The van der Waals surface area contributed by atoms with Crippen molar-refractivity contribution in [3.05, 3.63) is 24.3 Å². The van der Waals surface area contributed by atoms with Crippen molar-refractivity contribution >= 4 is 17.6 Å². The number of anilines is 1. The number of para-hydroxylation sites is 2. The van der Waals surface area contributed by atoms with Crippen molar-refractivity contribution in [2.45, 2.75) is 25.7 Å². The third-order valence-electron chi connectivity index (χ3n) is 3.21. The molecule has 1 aliphatic rings. The van der Waals surface area contributed by atoms with Crippen molar-refractivity contribution in [2.75, 3.05) is 11.9 Å². The number of aliphatic carboxylic acids is 1. The minimum atomic E-state index is -1.05. The van der Waals surface area contributed by atoms with Gasteiger partial charge in [-0.05, 0) is 30.9 Å². The lowest BCUT2D eigenvalue weighted by Gasteiger charge is -2.24. The summed E-state index contributed by atoms with van der Waals surface area (Å²) < 4.78 is 5.13. The molecule has 0 radical (unpaired) electrons. The predicted octanol–water partition coefficient (Wildman–Crippen LogP) is 2.28. The molecule has 102 valence electrons. The van der Waals surface area contributed by atoms with Gasteiger partial charge in [-0.1, -0.05) is 18.6 Å². The average molecular weight is 263 g/mol. The van der Waals surface area contributed by atoms with Gasteiger partial charge in [-0.15, -0.1) is 0 Å². The average Bonchev–Trinajstić information content (AvgIpc) is 2.33. The van der Waals surface area contributed by atoms with E-state index >= 15 is 0 Å². The molecule has 2 N–H and O–H groups in total. The van der Waals surface area contributed by atoms with Crippen molar-refractivity contribution in [1.29, 1.82) is 0 Å². The zero-order valence-electron chi connectivity index (χ0n) is 10.6. The van der Waals surface area contributed by atoms with Crippen molar-refractivity contribution in [3.8, 4) is 5.75 Å². The van der Waals surface area contributed by atoms with E-state index in [1.807, 2.05) is 0 Å². The quantitative estimate of drug-likeness (QED) is 0.825. The van der Waals surface area contributed by atoms with E-state index < -0.39 is 12.6 Å². The second kappa shape index (κ2) is 6.22. The van der Waals surface area contributed by atoms with Gasteiger partial charge in [0.25, 0.3) is 0 Å². The Kier molecular flexibility index (Phi) is 4.39. The second-order valence-corrected chi connectivity index (χ2v) is 4.73. The highest BCUT2D eigenvalue weighted by molar-refractivity contribution is 5.92. The monoisotopic (exact) mass is 263 g/mol. The summed E-state index contributed by atoms with van der Waals surface area (Å²) in [5.41, 5.74) is 0.521. The highest BCUT2D eigenvalue weighted by Crippen LogP contribution is 2.30. The van der Waals surface area contributed by atoms with E-state index in [9.17, 15) is 9.59 Å². The van der Waals surface area contributed by atoms with Crippen molar-refractivity contribution in [3.63, 3.8) is 0 Å². The molecule has 1 saturated carbocycles. The SMILES string of the molecule is O=C(O)COc1ccccc1NC(=O)CC1CCC1. The van der Waals surface area contributed by atoms with Crippen LogP contribution < -0.4 is 10.1 Å². The lowest BCUT2D eigenvalue weighted by molar-refractivity contribution is -0.139. The van der Waals surface area contributed by atoms with Crippen LogP contribution in [0.2, 0.25) is 0 Å². The van der Waals surface area contributed by atoms with Crippen LogP contribution in [0.1, 0.15) is 25.7 Å². The molecule has 0 aliphatic heterocycles. The molecule has 0 saturated heterocycles. The summed E-state index contributed by atoms with van der Waals surface area (Å²) in [6.07, 6.45) is 3.96. The van der Waals surface area contributed by atoms with Gasteiger partial charge in [-0.25, -0.2) is 4.79 Å².